The summed E-state index contributed by atoms with van der Waals surface area (Å²) in [6, 6.07) is 6.88. The number of para-hydroxylation sites is 1. The summed E-state index contributed by atoms with van der Waals surface area (Å²) in [6.07, 6.45) is 2.59. The maximum absolute atomic E-state index is 12.1. The lowest BCUT2D eigenvalue weighted by Crippen LogP contribution is -2.21. The second-order valence-electron chi connectivity index (χ2n) is 4.40. The predicted molar refractivity (Wildman–Crippen MR) is 73.2 cm³/mol. The summed E-state index contributed by atoms with van der Waals surface area (Å²) in [5.41, 5.74) is 1.08. The molecule has 2 rings (SSSR count). The molecular weight excluding hydrogens is 266 g/mol. The van der Waals surface area contributed by atoms with Crippen molar-refractivity contribution in [3.63, 3.8) is 0 Å². The Bertz CT molecular complexity index is 551. The van der Waals surface area contributed by atoms with Gasteiger partial charge in [-0.1, -0.05) is 23.7 Å². The van der Waals surface area contributed by atoms with Crippen molar-refractivity contribution in [2.75, 3.05) is 5.32 Å². The van der Waals surface area contributed by atoms with Gasteiger partial charge in [0, 0.05) is 11.1 Å². The Kier molecular flexibility index (Phi) is 4.22. The molecule has 4 nitrogen and oxygen atoms in total. The lowest BCUT2D eigenvalue weighted by atomic mass is 9.91. The molecular formula is C14H14ClNO3. The van der Waals surface area contributed by atoms with Gasteiger partial charge in [-0.15, -0.1) is 0 Å². The summed E-state index contributed by atoms with van der Waals surface area (Å²) in [5, 5.41) is 12.2. The van der Waals surface area contributed by atoms with Crippen molar-refractivity contribution in [3.05, 3.63) is 40.4 Å². The van der Waals surface area contributed by atoms with E-state index in [-0.39, 0.29) is 11.5 Å². The SMILES string of the molecule is O=C(O)C1=C(C(=O)Nc2ccccc2Cl)CCCC1. The van der Waals surface area contributed by atoms with E-state index in [0.29, 0.717) is 29.1 Å². The van der Waals surface area contributed by atoms with Crippen molar-refractivity contribution >= 4 is 29.2 Å². The number of carboxylic acids is 1. The third kappa shape index (κ3) is 3.15. The molecule has 0 unspecified atom stereocenters. The van der Waals surface area contributed by atoms with Gasteiger partial charge in [0.15, 0.2) is 0 Å². The zero-order valence-corrected chi connectivity index (χ0v) is 11.0. The minimum absolute atomic E-state index is 0.218. The Morgan fingerprint density at radius 3 is 2.37 bits per heavy atom. The zero-order chi connectivity index (χ0) is 13.8. The van der Waals surface area contributed by atoms with Crippen LogP contribution in [0.2, 0.25) is 5.02 Å². The quantitative estimate of drug-likeness (QED) is 0.893. The number of rotatable bonds is 3. The Hall–Kier alpha value is -1.81. The number of halogens is 1. The van der Waals surface area contributed by atoms with Gasteiger partial charge in [0.05, 0.1) is 10.7 Å². The minimum atomic E-state index is -1.01. The second-order valence-corrected chi connectivity index (χ2v) is 4.81. The standard InChI is InChI=1S/C14H14ClNO3/c15-11-7-3-4-8-12(11)16-13(17)9-5-1-2-6-10(9)14(18)19/h3-4,7-8H,1-2,5-6H2,(H,16,17)(H,18,19). The zero-order valence-electron chi connectivity index (χ0n) is 10.3. The van der Waals surface area contributed by atoms with Crippen molar-refractivity contribution in [2.45, 2.75) is 25.7 Å². The summed E-state index contributed by atoms with van der Waals surface area (Å²) >= 11 is 5.96. The van der Waals surface area contributed by atoms with E-state index < -0.39 is 5.97 Å². The predicted octanol–water partition coefficient (Wildman–Crippen LogP) is 3.23. The van der Waals surface area contributed by atoms with Crippen LogP contribution in [0.1, 0.15) is 25.7 Å². The highest BCUT2D eigenvalue weighted by Crippen LogP contribution is 2.27. The first-order chi connectivity index (χ1) is 9.09. The van der Waals surface area contributed by atoms with E-state index in [1.807, 2.05) is 0 Å². The Balaban J connectivity index is 2.24. The minimum Gasteiger partial charge on any atom is -0.478 e. The molecule has 0 heterocycles. The van der Waals surface area contributed by atoms with Crippen LogP contribution in [-0.4, -0.2) is 17.0 Å². The van der Waals surface area contributed by atoms with E-state index in [0.717, 1.165) is 12.8 Å². The van der Waals surface area contributed by atoms with Gasteiger partial charge in [-0.3, -0.25) is 4.79 Å². The number of amides is 1. The smallest absolute Gasteiger partial charge is 0.332 e. The van der Waals surface area contributed by atoms with Crippen LogP contribution in [0.25, 0.3) is 0 Å². The fraction of sp³-hybridized carbons (Fsp3) is 0.286. The molecule has 1 aromatic rings. The van der Waals surface area contributed by atoms with Crippen molar-refractivity contribution in [2.24, 2.45) is 0 Å². The lowest BCUT2D eigenvalue weighted by molar-refractivity contribution is -0.133. The van der Waals surface area contributed by atoms with Crippen molar-refractivity contribution in [3.8, 4) is 0 Å². The first-order valence-electron chi connectivity index (χ1n) is 6.11. The Labute approximate surface area is 116 Å². The summed E-state index contributed by atoms with van der Waals surface area (Å²) in [6.45, 7) is 0. The summed E-state index contributed by atoms with van der Waals surface area (Å²) in [4.78, 5) is 23.3. The molecule has 1 aliphatic rings. The van der Waals surface area contributed by atoms with E-state index in [9.17, 15) is 9.59 Å². The topological polar surface area (TPSA) is 66.4 Å². The molecule has 1 aliphatic carbocycles. The molecule has 0 spiro atoms. The van der Waals surface area contributed by atoms with E-state index in [2.05, 4.69) is 5.32 Å². The molecule has 1 amide bonds. The second kappa shape index (κ2) is 5.89. The third-order valence-electron chi connectivity index (χ3n) is 3.12. The molecule has 0 saturated carbocycles. The van der Waals surface area contributed by atoms with Gasteiger partial charge >= 0.3 is 5.97 Å². The third-order valence-corrected chi connectivity index (χ3v) is 3.45. The maximum Gasteiger partial charge on any atom is 0.332 e. The van der Waals surface area contributed by atoms with Crippen molar-refractivity contribution in [1.82, 2.24) is 0 Å². The van der Waals surface area contributed by atoms with Gasteiger partial charge in [-0.05, 0) is 37.8 Å². The van der Waals surface area contributed by atoms with Crippen LogP contribution in [0.15, 0.2) is 35.4 Å². The average Bonchev–Trinajstić information content (AvgIpc) is 2.41. The number of anilines is 1. The van der Waals surface area contributed by atoms with Crippen LogP contribution in [0.3, 0.4) is 0 Å². The summed E-state index contributed by atoms with van der Waals surface area (Å²) in [5.74, 6) is -1.38. The lowest BCUT2D eigenvalue weighted by Gasteiger charge is -2.17. The monoisotopic (exact) mass is 279 g/mol. The van der Waals surface area contributed by atoms with Crippen molar-refractivity contribution < 1.29 is 14.7 Å². The molecule has 0 saturated heterocycles. The number of hydrogen-bond acceptors (Lipinski definition) is 2. The molecule has 1 aromatic carbocycles. The van der Waals surface area contributed by atoms with Gasteiger partial charge < -0.3 is 10.4 Å². The van der Waals surface area contributed by atoms with Crippen molar-refractivity contribution in [1.29, 1.82) is 0 Å². The summed E-state index contributed by atoms with van der Waals surface area (Å²) in [7, 11) is 0. The van der Waals surface area contributed by atoms with Gasteiger partial charge in [-0.25, -0.2) is 4.79 Å². The fourth-order valence-corrected chi connectivity index (χ4v) is 2.34. The molecule has 0 aromatic heterocycles. The normalized spacial score (nSPS) is 15.2. The fourth-order valence-electron chi connectivity index (χ4n) is 2.15. The number of carbonyl (C=O) groups is 2. The van der Waals surface area contributed by atoms with Crippen LogP contribution in [0, 0.1) is 0 Å². The number of carbonyl (C=O) groups excluding carboxylic acids is 1. The van der Waals surface area contributed by atoms with Crippen LogP contribution >= 0.6 is 11.6 Å². The van der Waals surface area contributed by atoms with Crippen LogP contribution in [0.5, 0.6) is 0 Å². The molecule has 0 fully saturated rings. The van der Waals surface area contributed by atoms with Crippen LogP contribution < -0.4 is 5.32 Å². The molecule has 0 bridgehead atoms. The molecule has 0 aliphatic heterocycles. The van der Waals surface area contributed by atoms with E-state index in [1.54, 1.807) is 24.3 Å². The Morgan fingerprint density at radius 1 is 1.11 bits per heavy atom. The van der Waals surface area contributed by atoms with Gasteiger partial charge in [-0.2, -0.15) is 0 Å². The van der Waals surface area contributed by atoms with Crippen LogP contribution in [-0.2, 0) is 9.59 Å². The highest BCUT2D eigenvalue weighted by atomic mass is 35.5. The highest BCUT2D eigenvalue weighted by molar-refractivity contribution is 6.33. The average molecular weight is 280 g/mol. The number of aliphatic carboxylic acids is 1. The Morgan fingerprint density at radius 2 is 1.74 bits per heavy atom. The maximum atomic E-state index is 12.1. The molecule has 100 valence electrons. The van der Waals surface area contributed by atoms with Gasteiger partial charge in [0.1, 0.15) is 0 Å². The van der Waals surface area contributed by atoms with E-state index in [4.69, 9.17) is 16.7 Å². The first kappa shape index (κ1) is 13.6. The molecule has 5 heteroatoms. The van der Waals surface area contributed by atoms with Gasteiger partial charge in [0.25, 0.3) is 5.91 Å². The van der Waals surface area contributed by atoms with E-state index in [1.165, 1.54) is 0 Å². The van der Waals surface area contributed by atoms with E-state index >= 15 is 0 Å². The largest absolute Gasteiger partial charge is 0.478 e. The number of carboxylic acid groups (broad SMARTS) is 1. The molecule has 0 atom stereocenters. The number of benzene rings is 1. The van der Waals surface area contributed by atoms with Gasteiger partial charge in [0.2, 0.25) is 0 Å². The highest BCUT2D eigenvalue weighted by Gasteiger charge is 2.23. The summed E-state index contributed by atoms with van der Waals surface area (Å²) < 4.78 is 0. The van der Waals surface area contributed by atoms with Crippen LogP contribution in [0.4, 0.5) is 5.69 Å². The first-order valence-corrected chi connectivity index (χ1v) is 6.48. The molecule has 0 radical (unpaired) electrons. The number of nitrogens with one attached hydrogen (secondary N) is 1. The number of hydrogen-bond donors (Lipinski definition) is 2. The molecule has 2 N–H and O–H groups in total. The molecule has 19 heavy (non-hydrogen) atoms.